The molecule has 5 nitrogen and oxygen atoms in total. The van der Waals surface area contributed by atoms with Gasteiger partial charge in [0.15, 0.2) is 0 Å². The van der Waals surface area contributed by atoms with Crippen molar-refractivity contribution in [2.75, 3.05) is 6.54 Å². The minimum atomic E-state index is -0.299. The molecule has 0 fully saturated rings. The van der Waals surface area contributed by atoms with Crippen molar-refractivity contribution in [2.45, 2.75) is 13.3 Å². The van der Waals surface area contributed by atoms with Gasteiger partial charge in [-0.05, 0) is 6.42 Å². The van der Waals surface area contributed by atoms with Crippen molar-refractivity contribution in [1.82, 2.24) is 15.5 Å². The first-order valence-corrected chi connectivity index (χ1v) is 4.07. The molecular formula is C8H11N3O2. The van der Waals surface area contributed by atoms with Gasteiger partial charge in [0, 0.05) is 12.6 Å². The van der Waals surface area contributed by atoms with Crippen molar-refractivity contribution in [3.63, 3.8) is 0 Å². The standard InChI is InChI=1S/C8H11N3O2/c1-2-3-9-8(13)7-4-6(12)5-10-11-7/h4-5H,2-3H2,1H3,(H,9,13)(H,11,12). The number of nitrogens with zero attached hydrogens (tertiary/aromatic N) is 1. The van der Waals surface area contributed by atoms with Crippen molar-refractivity contribution in [3.8, 4) is 0 Å². The van der Waals surface area contributed by atoms with Crippen molar-refractivity contribution in [3.05, 3.63) is 28.2 Å². The molecule has 0 saturated carbocycles. The highest BCUT2D eigenvalue weighted by molar-refractivity contribution is 5.91. The third kappa shape index (κ3) is 2.70. The molecule has 2 N–H and O–H groups in total. The van der Waals surface area contributed by atoms with E-state index in [0.29, 0.717) is 6.54 Å². The van der Waals surface area contributed by atoms with Crippen LogP contribution in [0.1, 0.15) is 23.8 Å². The monoisotopic (exact) mass is 181 g/mol. The topological polar surface area (TPSA) is 74.8 Å². The maximum Gasteiger partial charge on any atom is 0.269 e. The van der Waals surface area contributed by atoms with Gasteiger partial charge < -0.3 is 5.32 Å². The van der Waals surface area contributed by atoms with Gasteiger partial charge in [-0.15, -0.1) is 0 Å². The normalized spacial score (nSPS) is 9.62. The van der Waals surface area contributed by atoms with E-state index in [4.69, 9.17) is 0 Å². The van der Waals surface area contributed by atoms with Gasteiger partial charge in [0.2, 0.25) is 5.43 Å². The molecule has 1 rings (SSSR count). The Balaban J connectivity index is 2.71. The third-order valence-corrected chi connectivity index (χ3v) is 1.44. The number of aromatic nitrogens is 2. The number of amides is 1. The predicted molar refractivity (Wildman–Crippen MR) is 47.5 cm³/mol. The molecule has 0 spiro atoms. The highest BCUT2D eigenvalue weighted by Crippen LogP contribution is 1.86. The van der Waals surface area contributed by atoms with E-state index in [1.807, 2.05) is 6.92 Å². The van der Waals surface area contributed by atoms with Gasteiger partial charge in [0.25, 0.3) is 5.91 Å². The Morgan fingerprint density at radius 2 is 2.46 bits per heavy atom. The Labute approximate surface area is 75.2 Å². The number of hydrogen-bond acceptors (Lipinski definition) is 3. The summed E-state index contributed by atoms with van der Waals surface area (Å²) >= 11 is 0. The molecule has 0 aliphatic carbocycles. The van der Waals surface area contributed by atoms with Crippen LogP contribution in [0.3, 0.4) is 0 Å². The number of nitrogens with one attached hydrogen (secondary N) is 2. The van der Waals surface area contributed by atoms with Crippen molar-refractivity contribution >= 4 is 5.91 Å². The molecule has 1 amide bonds. The van der Waals surface area contributed by atoms with Crippen LogP contribution in [0.2, 0.25) is 0 Å². The van der Waals surface area contributed by atoms with Crippen LogP contribution >= 0.6 is 0 Å². The lowest BCUT2D eigenvalue weighted by atomic mass is 10.3. The first kappa shape index (κ1) is 9.44. The van der Waals surface area contributed by atoms with Gasteiger partial charge >= 0.3 is 0 Å². The van der Waals surface area contributed by atoms with Gasteiger partial charge in [-0.1, -0.05) is 6.92 Å². The first-order chi connectivity index (χ1) is 6.24. The Morgan fingerprint density at radius 3 is 3.08 bits per heavy atom. The fourth-order valence-electron chi connectivity index (χ4n) is 0.827. The fraction of sp³-hybridized carbons (Fsp3) is 0.375. The van der Waals surface area contributed by atoms with Crippen LogP contribution in [0.5, 0.6) is 0 Å². The van der Waals surface area contributed by atoms with E-state index in [-0.39, 0.29) is 17.0 Å². The molecule has 0 atom stereocenters. The minimum absolute atomic E-state index is 0.195. The molecule has 0 aliphatic rings. The van der Waals surface area contributed by atoms with Crippen LogP contribution in [-0.4, -0.2) is 22.6 Å². The summed E-state index contributed by atoms with van der Waals surface area (Å²) in [5, 5.41) is 8.60. The average molecular weight is 181 g/mol. The number of aromatic amines is 1. The van der Waals surface area contributed by atoms with Crippen LogP contribution in [-0.2, 0) is 0 Å². The summed E-state index contributed by atoms with van der Waals surface area (Å²) in [7, 11) is 0. The van der Waals surface area contributed by atoms with Crippen molar-refractivity contribution in [2.24, 2.45) is 0 Å². The SMILES string of the molecule is CCCNC(=O)c1cc(=O)cn[nH]1. The Morgan fingerprint density at radius 1 is 1.69 bits per heavy atom. The molecule has 0 aromatic carbocycles. The van der Waals surface area contributed by atoms with Crippen LogP contribution in [0.25, 0.3) is 0 Å². The van der Waals surface area contributed by atoms with Crippen molar-refractivity contribution in [1.29, 1.82) is 0 Å². The van der Waals surface area contributed by atoms with Gasteiger partial charge in [0.1, 0.15) is 5.69 Å². The number of hydrogen-bond donors (Lipinski definition) is 2. The lowest BCUT2D eigenvalue weighted by Gasteiger charge is -2.01. The van der Waals surface area contributed by atoms with E-state index in [1.165, 1.54) is 6.07 Å². The zero-order valence-electron chi connectivity index (χ0n) is 7.33. The summed E-state index contributed by atoms with van der Waals surface area (Å²) in [4.78, 5) is 22.0. The zero-order valence-corrected chi connectivity index (χ0v) is 7.33. The molecule has 5 heteroatoms. The number of rotatable bonds is 3. The minimum Gasteiger partial charge on any atom is -0.351 e. The second-order valence-electron chi connectivity index (χ2n) is 2.59. The van der Waals surface area contributed by atoms with Gasteiger partial charge in [-0.2, -0.15) is 5.10 Å². The molecule has 1 heterocycles. The lowest BCUT2D eigenvalue weighted by Crippen LogP contribution is -2.26. The molecule has 0 radical (unpaired) electrons. The predicted octanol–water partition coefficient (Wildman–Crippen LogP) is -0.0903. The quantitative estimate of drug-likeness (QED) is 0.684. The van der Waals surface area contributed by atoms with E-state index in [1.54, 1.807) is 0 Å². The number of carbonyl (C=O) groups excluding carboxylic acids is 1. The zero-order chi connectivity index (χ0) is 9.68. The summed E-state index contributed by atoms with van der Waals surface area (Å²) < 4.78 is 0. The first-order valence-electron chi connectivity index (χ1n) is 4.07. The fourth-order valence-corrected chi connectivity index (χ4v) is 0.827. The molecule has 13 heavy (non-hydrogen) atoms. The van der Waals surface area contributed by atoms with Gasteiger partial charge in [0.05, 0.1) is 6.20 Å². The lowest BCUT2D eigenvalue weighted by molar-refractivity contribution is 0.0947. The second kappa shape index (κ2) is 4.39. The molecule has 0 bridgehead atoms. The summed E-state index contributed by atoms with van der Waals surface area (Å²) in [6, 6.07) is 1.22. The van der Waals surface area contributed by atoms with E-state index in [0.717, 1.165) is 12.6 Å². The second-order valence-corrected chi connectivity index (χ2v) is 2.59. The van der Waals surface area contributed by atoms with Crippen LogP contribution in [0.4, 0.5) is 0 Å². The molecule has 1 aromatic heterocycles. The van der Waals surface area contributed by atoms with Crippen LogP contribution in [0, 0.1) is 0 Å². The van der Waals surface area contributed by atoms with E-state index in [2.05, 4.69) is 15.5 Å². The van der Waals surface area contributed by atoms with E-state index in [9.17, 15) is 9.59 Å². The van der Waals surface area contributed by atoms with E-state index < -0.39 is 0 Å². The Hall–Kier alpha value is -1.65. The van der Waals surface area contributed by atoms with Crippen LogP contribution in [0.15, 0.2) is 17.1 Å². The molecule has 0 aliphatic heterocycles. The summed E-state index contributed by atoms with van der Waals surface area (Å²) in [5.74, 6) is -0.299. The van der Waals surface area contributed by atoms with Crippen LogP contribution < -0.4 is 10.7 Å². The maximum atomic E-state index is 11.2. The highest BCUT2D eigenvalue weighted by Gasteiger charge is 2.04. The van der Waals surface area contributed by atoms with E-state index >= 15 is 0 Å². The third-order valence-electron chi connectivity index (χ3n) is 1.44. The number of carbonyl (C=O) groups is 1. The maximum absolute atomic E-state index is 11.2. The Bertz CT molecular complexity index is 345. The van der Waals surface area contributed by atoms with Gasteiger partial charge in [-0.3, -0.25) is 14.7 Å². The molecule has 70 valence electrons. The summed E-state index contributed by atoms with van der Waals surface area (Å²) in [6.07, 6.45) is 1.98. The molecule has 0 unspecified atom stereocenters. The highest BCUT2D eigenvalue weighted by atomic mass is 16.2. The molecular weight excluding hydrogens is 170 g/mol. The van der Waals surface area contributed by atoms with Crippen molar-refractivity contribution < 1.29 is 4.79 Å². The molecule has 0 saturated heterocycles. The largest absolute Gasteiger partial charge is 0.351 e. The van der Waals surface area contributed by atoms with Gasteiger partial charge in [-0.25, -0.2) is 0 Å². The smallest absolute Gasteiger partial charge is 0.269 e. The number of H-pyrrole nitrogens is 1. The molecule has 1 aromatic rings. The summed E-state index contributed by atoms with van der Waals surface area (Å²) in [5.41, 5.74) is -0.0821. The summed E-state index contributed by atoms with van der Waals surface area (Å²) in [6.45, 7) is 2.54. The Kier molecular flexibility index (Phi) is 3.19. The average Bonchev–Trinajstić information content (AvgIpc) is 2.14.